The minimum absolute atomic E-state index is 0.0690. The van der Waals surface area contributed by atoms with Gasteiger partial charge < -0.3 is 10.6 Å². The number of imide groups is 1. The summed E-state index contributed by atoms with van der Waals surface area (Å²) in [6.07, 6.45) is 3.60. The van der Waals surface area contributed by atoms with Gasteiger partial charge >= 0.3 is 0 Å². The van der Waals surface area contributed by atoms with Crippen molar-refractivity contribution in [2.75, 3.05) is 17.2 Å². The number of carbonyl (C=O) groups is 3. The van der Waals surface area contributed by atoms with Crippen LogP contribution in [0.3, 0.4) is 0 Å². The van der Waals surface area contributed by atoms with Crippen molar-refractivity contribution in [2.45, 2.75) is 45.1 Å². The van der Waals surface area contributed by atoms with Crippen molar-refractivity contribution in [3.63, 3.8) is 0 Å². The standard InChI is InChI=1S/C25H28ClN3O3/c1-16(17-7-3-2-4-8-17)27-22-12-11-18(15-21(22)26)28-23(30)13-14-29-24(31)19-9-5-6-10-20(19)25(29)32/h2-4,7-8,11-12,15-16,19-20,27H,5-6,9-10,13-14H2,1H3,(H,28,30). The highest BCUT2D eigenvalue weighted by molar-refractivity contribution is 6.33. The SMILES string of the molecule is CC(Nc1ccc(NC(=O)CCN2C(=O)C3CCCCC3C2=O)cc1Cl)c1ccccc1. The molecule has 1 aliphatic carbocycles. The van der Waals surface area contributed by atoms with Crippen molar-refractivity contribution in [3.8, 4) is 0 Å². The molecule has 0 aromatic heterocycles. The highest BCUT2D eigenvalue weighted by atomic mass is 35.5. The zero-order chi connectivity index (χ0) is 22.7. The number of amides is 3. The van der Waals surface area contributed by atoms with E-state index in [-0.39, 0.29) is 48.6 Å². The molecule has 2 aromatic rings. The molecule has 1 aliphatic heterocycles. The molecule has 0 radical (unpaired) electrons. The van der Waals surface area contributed by atoms with Crippen LogP contribution in [0.15, 0.2) is 48.5 Å². The summed E-state index contributed by atoms with van der Waals surface area (Å²) in [5.41, 5.74) is 2.49. The predicted molar refractivity (Wildman–Crippen MR) is 125 cm³/mol. The quantitative estimate of drug-likeness (QED) is 0.577. The molecule has 2 fully saturated rings. The number of carbonyl (C=O) groups excluding carboxylic acids is 3. The molecule has 2 aromatic carbocycles. The van der Waals surface area contributed by atoms with Gasteiger partial charge in [0.1, 0.15) is 0 Å². The smallest absolute Gasteiger partial charge is 0.233 e. The first kappa shape index (κ1) is 22.3. The number of hydrogen-bond donors (Lipinski definition) is 2. The van der Waals surface area contributed by atoms with Crippen LogP contribution in [0.5, 0.6) is 0 Å². The number of nitrogens with one attached hydrogen (secondary N) is 2. The fraction of sp³-hybridized carbons (Fsp3) is 0.400. The van der Waals surface area contributed by atoms with Gasteiger partial charge in [-0.3, -0.25) is 19.3 Å². The summed E-state index contributed by atoms with van der Waals surface area (Å²) in [5.74, 6) is -0.847. The maximum atomic E-state index is 12.5. The van der Waals surface area contributed by atoms with Gasteiger partial charge in [0.15, 0.2) is 0 Å². The molecule has 32 heavy (non-hydrogen) atoms. The molecule has 1 saturated carbocycles. The number of fused-ring (bicyclic) bond motifs is 1. The normalized spacial score (nSPS) is 21.2. The van der Waals surface area contributed by atoms with E-state index in [0.717, 1.165) is 36.9 Å². The maximum absolute atomic E-state index is 12.5. The van der Waals surface area contributed by atoms with Gasteiger partial charge in [-0.05, 0) is 43.5 Å². The molecule has 0 bridgehead atoms. The lowest BCUT2D eigenvalue weighted by atomic mass is 9.81. The fourth-order valence-electron chi connectivity index (χ4n) is 4.66. The molecule has 3 atom stereocenters. The van der Waals surface area contributed by atoms with Gasteiger partial charge in [-0.15, -0.1) is 0 Å². The Labute approximate surface area is 193 Å². The Balaban J connectivity index is 1.31. The van der Waals surface area contributed by atoms with Gasteiger partial charge in [0, 0.05) is 24.7 Å². The van der Waals surface area contributed by atoms with E-state index in [1.807, 2.05) is 36.4 Å². The molecule has 0 spiro atoms. The van der Waals surface area contributed by atoms with E-state index in [9.17, 15) is 14.4 Å². The molecule has 3 unspecified atom stereocenters. The Morgan fingerprint density at radius 1 is 1.06 bits per heavy atom. The second-order valence-corrected chi connectivity index (χ2v) is 9.00. The van der Waals surface area contributed by atoms with E-state index < -0.39 is 0 Å². The maximum Gasteiger partial charge on any atom is 0.233 e. The zero-order valence-electron chi connectivity index (χ0n) is 18.1. The summed E-state index contributed by atoms with van der Waals surface area (Å²) < 4.78 is 0. The Morgan fingerprint density at radius 2 is 1.72 bits per heavy atom. The summed E-state index contributed by atoms with van der Waals surface area (Å²) >= 11 is 6.42. The Morgan fingerprint density at radius 3 is 2.34 bits per heavy atom. The lowest BCUT2D eigenvalue weighted by Crippen LogP contribution is -2.34. The number of likely N-dealkylation sites (tertiary alicyclic amines) is 1. The molecule has 6 nitrogen and oxygen atoms in total. The van der Waals surface area contributed by atoms with Crippen molar-refractivity contribution in [2.24, 2.45) is 11.8 Å². The number of rotatable bonds is 7. The van der Waals surface area contributed by atoms with Gasteiger partial charge in [0.25, 0.3) is 0 Å². The molecule has 3 amide bonds. The highest BCUT2D eigenvalue weighted by Crippen LogP contribution is 2.38. The minimum atomic E-state index is -0.255. The molecular formula is C25H28ClN3O3. The molecule has 2 N–H and O–H groups in total. The van der Waals surface area contributed by atoms with Crippen LogP contribution in [0.4, 0.5) is 11.4 Å². The first-order valence-electron chi connectivity index (χ1n) is 11.2. The predicted octanol–water partition coefficient (Wildman–Crippen LogP) is 5.02. The zero-order valence-corrected chi connectivity index (χ0v) is 18.9. The Hall–Kier alpha value is -2.86. The number of hydrogen-bond acceptors (Lipinski definition) is 4. The number of anilines is 2. The summed E-state index contributed by atoms with van der Waals surface area (Å²) in [6, 6.07) is 15.4. The Bertz CT molecular complexity index is 987. The van der Waals surface area contributed by atoms with E-state index in [1.165, 1.54) is 4.90 Å². The molecule has 4 rings (SSSR count). The first-order chi connectivity index (χ1) is 15.4. The largest absolute Gasteiger partial charge is 0.377 e. The third-order valence-electron chi connectivity index (χ3n) is 6.42. The second kappa shape index (κ2) is 9.74. The average molecular weight is 454 g/mol. The van der Waals surface area contributed by atoms with Crippen LogP contribution in [-0.2, 0) is 14.4 Å². The topological polar surface area (TPSA) is 78.5 Å². The van der Waals surface area contributed by atoms with Crippen molar-refractivity contribution in [1.29, 1.82) is 0 Å². The molecular weight excluding hydrogens is 426 g/mol. The molecule has 168 valence electrons. The van der Waals surface area contributed by atoms with Gasteiger partial charge in [-0.25, -0.2) is 0 Å². The third kappa shape index (κ3) is 4.80. The Kier molecular flexibility index (Phi) is 6.80. The van der Waals surface area contributed by atoms with E-state index in [4.69, 9.17) is 11.6 Å². The minimum Gasteiger partial charge on any atom is -0.377 e. The van der Waals surface area contributed by atoms with Crippen molar-refractivity contribution in [3.05, 3.63) is 59.1 Å². The molecule has 1 saturated heterocycles. The van der Waals surface area contributed by atoms with Crippen LogP contribution < -0.4 is 10.6 Å². The second-order valence-electron chi connectivity index (χ2n) is 8.60. The molecule has 1 heterocycles. The average Bonchev–Trinajstić information content (AvgIpc) is 3.04. The van der Waals surface area contributed by atoms with E-state index >= 15 is 0 Å². The van der Waals surface area contributed by atoms with Gasteiger partial charge in [-0.2, -0.15) is 0 Å². The number of nitrogens with zero attached hydrogens (tertiary/aromatic N) is 1. The number of benzene rings is 2. The lowest BCUT2D eigenvalue weighted by Gasteiger charge is -2.19. The highest BCUT2D eigenvalue weighted by Gasteiger charge is 2.47. The van der Waals surface area contributed by atoms with Crippen molar-refractivity contribution < 1.29 is 14.4 Å². The van der Waals surface area contributed by atoms with Crippen LogP contribution in [-0.4, -0.2) is 29.2 Å². The first-order valence-corrected chi connectivity index (χ1v) is 11.6. The fourth-order valence-corrected chi connectivity index (χ4v) is 4.89. The van der Waals surface area contributed by atoms with Gasteiger partial charge in [0.2, 0.25) is 17.7 Å². The monoisotopic (exact) mass is 453 g/mol. The third-order valence-corrected chi connectivity index (χ3v) is 6.73. The van der Waals surface area contributed by atoms with Crippen LogP contribution in [0.25, 0.3) is 0 Å². The van der Waals surface area contributed by atoms with Gasteiger partial charge in [0.05, 0.1) is 22.5 Å². The summed E-state index contributed by atoms with van der Waals surface area (Å²) in [4.78, 5) is 38.8. The van der Waals surface area contributed by atoms with Gasteiger partial charge in [-0.1, -0.05) is 54.8 Å². The van der Waals surface area contributed by atoms with Crippen molar-refractivity contribution in [1.82, 2.24) is 4.90 Å². The van der Waals surface area contributed by atoms with Crippen LogP contribution in [0, 0.1) is 11.8 Å². The van der Waals surface area contributed by atoms with Crippen LogP contribution in [0.1, 0.15) is 50.6 Å². The van der Waals surface area contributed by atoms with Crippen molar-refractivity contribution >= 4 is 40.7 Å². The van der Waals surface area contributed by atoms with Crippen LogP contribution >= 0.6 is 11.6 Å². The number of halogens is 1. The van der Waals surface area contributed by atoms with E-state index in [1.54, 1.807) is 12.1 Å². The summed E-state index contributed by atoms with van der Waals surface area (Å²) in [6.45, 7) is 2.18. The summed E-state index contributed by atoms with van der Waals surface area (Å²) in [7, 11) is 0. The summed E-state index contributed by atoms with van der Waals surface area (Å²) in [5, 5.41) is 6.69. The molecule has 2 aliphatic rings. The lowest BCUT2D eigenvalue weighted by molar-refractivity contribution is -0.140. The van der Waals surface area contributed by atoms with E-state index in [2.05, 4.69) is 17.6 Å². The van der Waals surface area contributed by atoms with E-state index in [0.29, 0.717) is 10.7 Å². The van der Waals surface area contributed by atoms with Crippen LogP contribution in [0.2, 0.25) is 5.02 Å². The molecule has 7 heteroatoms.